The quantitative estimate of drug-likeness (QED) is 0.540. The monoisotopic (exact) mass is 413 g/mol. The predicted octanol–water partition coefficient (Wildman–Crippen LogP) is 2.46. The van der Waals surface area contributed by atoms with Crippen LogP contribution in [0.15, 0.2) is 30.7 Å². The van der Waals surface area contributed by atoms with Crippen LogP contribution in [0.1, 0.15) is 25.8 Å². The van der Waals surface area contributed by atoms with Gasteiger partial charge < -0.3 is 20.9 Å². The fourth-order valence-electron chi connectivity index (χ4n) is 3.30. The SMILES string of the molecule is COc1cc(-c2nn(C3CC(F)C3)cc2-c2ccnc(NC[C@H](C)O)n2)cnc1N. The van der Waals surface area contributed by atoms with Crippen molar-refractivity contribution in [1.29, 1.82) is 0 Å². The zero-order valence-corrected chi connectivity index (χ0v) is 16.8. The normalized spacial score (nSPS) is 19.2. The topological polar surface area (TPSA) is 124 Å². The molecule has 3 aromatic rings. The van der Waals surface area contributed by atoms with Crippen molar-refractivity contribution in [2.75, 3.05) is 24.7 Å². The number of nitrogens with zero attached hydrogens (tertiary/aromatic N) is 5. The summed E-state index contributed by atoms with van der Waals surface area (Å²) in [5.74, 6) is 1.13. The lowest BCUT2D eigenvalue weighted by molar-refractivity contribution is 0.128. The van der Waals surface area contributed by atoms with Crippen LogP contribution in [0.3, 0.4) is 0 Å². The fourth-order valence-corrected chi connectivity index (χ4v) is 3.30. The molecule has 1 aliphatic carbocycles. The predicted molar refractivity (Wildman–Crippen MR) is 111 cm³/mol. The molecule has 30 heavy (non-hydrogen) atoms. The van der Waals surface area contributed by atoms with Gasteiger partial charge in [-0.25, -0.2) is 19.3 Å². The zero-order valence-electron chi connectivity index (χ0n) is 16.8. The summed E-state index contributed by atoms with van der Waals surface area (Å²) in [6.45, 7) is 2.01. The molecule has 1 atom stereocenters. The summed E-state index contributed by atoms with van der Waals surface area (Å²) in [7, 11) is 1.52. The average Bonchev–Trinajstić information content (AvgIpc) is 3.15. The molecule has 0 saturated heterocycles. The van der Waals surface area contributed by atoms with Crippen molar-refractivity contribution in [1.82, 2.24) is 24.7 Å². The second-order valence-electron chi connectivity index (χ2n) is 7.40. The Morgan fingerprint density at radius 1 is 1.40 bits per heavy atom. The van der Waals surface area contributed by atoms with Crippen molar-refractivity contribution in [3.8, 4) is 28.3 Å². The standard InChI is InChI=1S/C20H24FN7O2/c1-11(29)8-25-20-23-4-3-16(26-20)15-10-28(14-6-13(21)7-14)27-18(15)12-5-17(30-2)19(22)24-9-12/h3-5,9-11,13-14,29H,6-8H2,1-2H3,(H2,22,24)(H,23,25,26)/t11-,13?,14?/m0/s1. The summed E-state index contributed by atoms with van der Waals surface area (Å²) in [4.78, 5) is 13.0. The van der Waals surface area contributed by atoms with Gasteiger partial charge in [0.1, 0.15) is 11.9 Å². The Bertz CT molecular complexity index is 1030. The molecule has 0 spiro atoms. The molecule has 4 N–H and O–H groups in total. The highest BCUT2D eigenvalue weighted by atomic mass is 19.1. The van der Waals surface area contributed by atoms with Gasteiger partial charge in [-0.3, -0.25) is 4.68 Å². The summed E-state index contributed by atoms with van der Waals surface area (Å²) < 4.78 is 20.5. The number of methoxy groups -OCH3 is 1. The molecule has 3 heterocycles. The molecule has 3 aromatic heterocycles. The Hall–Kier alpha value is -3.27. The number of anilines is 2. The highest BCUT2D eigenvalue weighted by molar-refractivity contribution is 5.79. The molecule has 10 heteroatoms. The highest BCUT2D eigenvalue weighted by Crippen LogP contribution is 2.38. The number of nitrogen functional groups attached to an aromatic ring is 1. The molecule has 0 unspecified atom stereocenters. The first-order valence-electron chi connectivity index (χ1n) is 9.73. The van der Waals surface area contributed by atoms with E-state index < -0.39 is 12.3 Å². The van der Waals surface area contributed by atoms with Gasteiger partial charge in [-0.1, -0.05) is 0 Å². The van der Waals surface area contributed by atoms with Gasteiger partial charge in [0, 0.05) is 49.1 Å². The lowest BCUT2D eigenvalue weighted by atomic mass is 9.91. The van der Waals surface area contributed by atoms with Crippen LogP contribution < -0.4 is 15.8 Å². The lowest BCUT2D eigenvalue weighted by Gasteiger charge is -2.29. The Balaban J connectivity index is 1.76. The van der Waals surface area contributed by atoms with Crippen LogP contribution in [0.2, 0.25) is 0 Å². The molecule has 1 saturated carbocycles. The minimum Gasteiger partial charge on any atom is -0.493 e. The summed E-state index contributed by atoms with van der Waals surface area (Å²) >= 11 is 0. The summed E-state index contributed by atoms with van der Waals surface area (Å²) in [6, 6.07) is 3.55. The van der Waals surface area contributed by atoms with E-state index in [1.165, 1.54) is 7.11 Å². The van der Waals surface area contributed by atoms with E-state index in [2.05, 4.69) is 20.3 Å². The molecular weight excluding hydrogens is 389 g/mol. The van der Waals surface area contributed by atoms with E-state index in [1.54, 1.807) is 36.1 Å². The van der Waals surface area contributed by atoms with Gasteiger partial charge in [0.15, 0.2) is 11.6 Å². The van der Waals surface area contributed by atoms with Gasteiger partial charge >= 0.3 is 0 Å². The number of aliphatic hydroxyl groups is 1. The number of hydrogen-bond donors (Lipinski definition) is 3. The van der Waals surface area contributed by atoms with E-state index in [1.807, 2.05) is 6.20 Å². The van der Waals surface area contributed by atoms with E-state index >= 15 is 0 Å². The van der Waals surface area contributed by atoms with E-state index in [0.717, 1.165) is 5.56 Å². The number of alkyl halides is 1. The van der Waals surface area contributed by atoms with Crippen LogP contribution in [-0.4, -0.2) is 55.8 Å². The molecule has 0 aromatic carbocycles. The minimum absolute atomic E-state index is 0.00538. The van der Waals surface area contributed by atoms with Crippen molar-refractivity contribution in [3.05, 3.63) is 30.7 Å². The van der Waals surface area contributed by atoms with Crippen LogP contribution in [-0.2, 0) is 0 Å². The molecular formula is C20H24FN7O2. The minimum atomic E-state index is -0.792. The summed E-state index contributed by atoms with van der Waals surface area (Å²) in [5, 5.41) is 17.2. The number of halogens is 1. The molecule has 1 fully saturated rings. The van der Waals surface area contributed by atoms with Gasteiger partial charge in [0.05, 0.1) is 24.9 Å². The van der Waals surface area contributed by atoms with Gasteiger partial charge in [-0.15, -0.1) is 0 Å². The summed E-state index contributed by atoms with van der Waals surface area (Å²) in [6.07, 6.45) is 4.69. The number of ether oxygens (including phenoxy) is 1. The number of aromatic nitrogens is 5. The van der Waals surface area contributed by atoms with E-state index in [9.17, 15) is 9.50 Å². The second kappa shape index (κ2) is 8.23. The molecule has 158 valence electrons. The number of hydrogen-bond acceptors (Lipinski definition) is 8. The third-order valence-electron chi connectivity index (χ3n) is 5.02. The Morgan fingerprint density at radius 2 is 2.20 bits per heavy atom. The van der Waals surface area contributed by atoms with Gasteiger partial charge in [0.25, 0.3) is 0 Å². The summed E-state index contributed by atoms with van der Waals surface area (Å²) in [5.41, 5.74) is 8.61. The third kappa shape index (κ3) is 4.04. The van der Waals surface area contributed by atoms with Gasteiger partial charge in [0.2, 0.25) is 5.95 Å². The number of rotatable bonds is 7. The maximum Gasteiger partial charge on any atom is 0.223 e. The van der Waals surface area contributed by atoms with Gasteiger partial charge in [-0.2, -0.15) is 5.10 Å². The number of nitrogens with one attached hydrogen (secondary N) is 1. The first kappa shape index (κ1) is 20.0. The van der Waals surface area contributed by atoms with E-state index in [-0.39, 0.29) is 11.9 Å². The zero-order chi connectivity index (χ0) is 21.3. The number of pyridine rings is 1. The fraction of sp³-hybridized carbons (Fsp3) is 0.400. The molecule has 0 aliphatic heterocycles. The average molecular weight is 413 g/mol. The Kier molecular flexibility index (Phi) is 5.49. The molecule has 0 radical (unpaired) electrons. The Labute approximate surface area is 173 Å². The third-order valence-corrected chi connectivity index (χ3v) is 5.02. The first-order chi connectivity index (χ1) is 14.4. The van der Waals surface area contributed by atoms with Crippen LogP contribution in [0.4, 0.5) is 16.2 Å². The second-order valence-corrected chi connectivity index (χ2v) is 7.40. The lowest BCUT2D eigenvalue weighted by Crippen LogP contribution is -2.28. The molecule has 9 nitrogen and oxygen atoms in total. The molecule has 4 rings (SSSR count). The van der Waals surface area contributed by atoms with Crippen LogP contribution >= 0.6 is 0 Å². The van der Waals surface area contributed by atoms with Crippen molar-refractivity contribution in [3.63, 3.8) is 0 Å². The number of aliphatic hydroxyl groups excluding tert-OH is 1. The van der Waals surface area contributed by atoms with E-state index in [0.29, 0.717) is 48.0 Å². The Morgan fingerprint density at radius 3 is 2.90 bits per heavy atom. The highest BCUT2D eigenvalue weighted by Gasteiger charge is 2.32. The maximum absolute atomic E-state index is 13.4. The molecule has 1 aliphatic rings. The maximum atomic E-state index is 13.4. The van der Waals surface area contributed by atoms with Crippen molar-refractivity contribution >= 4 is 11.8 Å². The van der Waals surface area contributed by atoms with Crippen molar-refractivity contribution in [2.24, 2.45) is 0 Å². The number of nitrogens with two attached hydrogens (primary N) is 1. The van der Waals surface area contributed by atoms with Crippen molar-refractivity contribution < 1.29 is 14.2 Å². The van der Waals surface area contributed by atoms with E-state index in [4.69, 9.17) is 15.6 Å². The molecule has 0 amide bonds. The first-order valence-corrected chi connectivity index (χ1v) is 9.73. The van der Waals surface area contributed by atoms with Crippen LogP contribution in [0.25, 0.3) is 22.5 Å². The van der Waals surface area contributed by atoms with Crippen LogP contribution in [0.5, 0.6) is 5.75 Å². The van der Waals surface area contributed by atoms with Crippen molar-refractivity contribution in [2.45, 2.75) is 38.1 Å². The van der Waals surface area contributed by atoms with Gasteiger partial charge in [-0.05, 0) is 19.1 Å². The largest absolute Gasteiger partial charge is 0.493 e. The van der Waals surface area contributed by atoms with Crippen LogP contribution in [0, 0.1) is 0 Å². The smallest absolute Gasteiger partial charge is 0.223 e. The molecule has 0 bridgehead atoms.